The molecule has 2 rings (SSSR count). The van der Waals surface area contributed by atoms with Crippen molar-refractivity contribution in [1.29, 1.82) is 0 Å². The van der Waals surface area contributed by atoms with Crippen LogP contribution in [0.3, 0.4) is 0 Å². The third-order valence-electron chi connectivity index (χ3n) is 2.46. The molecule has 0 aliphatic heterocycles. The minimum atomic E-state index is 0.441. The van der Waals surface area contributed by atoms with Crippen LogP contribution in [0.1, 0.15) is 11.1 Å². The molecule has 0 radical (unpaired) electrons. The zero-order valence-corrected chi connectivity index (χ0v) is 11.7. The number of nitrogens with zero attached hydrogens (tertiary/aromatic N) is 1. The molecule has 0 aliphatic carbocycles. The first-order chi connectivity index (χ1) is 7.99. The average Bonchev–Trinajstić information content (AvgIpc) is 2.24. The number of hydrogen-bond donors (Lipinski definition) is 0. The number of halogens is 3. The Morgan fingerprint density at radius 2 is 1.71 bits per heavy atom. The molecular formula is C13H10Cl3N. The maximum absolute atomic E-state index is 6.18. The second-order valence-corrected chi connectivity index (χ2v) is 5.15. The van der Waals surface area contributed by atoms with Crippen molar-refractivity contribution in [2.75, 3.05) is 0 Å². The molecule has 1 nitrogen and oxygen atoms in total. The summed E-state index contributed by atoms with van der Waals surface area (Å²) in [7, 11) is 0. The molecule has 1 heterocycles. The maximum Gasteiger partial charge on any atom is 0.0747 e. The highest BCUT2D eigenvalue weighted by Gasteiger charge is 2.12. The van der Waals surface area contributed by atoms with Crippen LogP contribution in [-0.2, 0) is 0 Å². The number of aromatic nitrogens is 1. The van der Waals surface area contributed by atoms with Gasteiger partial charge in [-0.2, -0.15) is 0 Å². The molecular weight excluding hydrogens is 277 g/mol. The fourth-order valence-corrected chi connectivity index (χ4v) is 2.42. The number of aryl methyl sites for hydroxylation is 2. The third-order valence-corrected chi connectivity index (χ3v) is 3.48. The van der Waals surface area contributed by atoms with Gasteiger partial charge in [0.2, 0.25) is 0 Å². The van der Waals surface area contributed by atoms with Crippen molar-refractivity contribution < 1.29 is 0 Å². The molecule has 0 saturated heterocycles. The monoisotopic (exact) mass is 285 g/mol. The average molecular weight is 287 g/mol. The first-order valence-corrected chi connectivity index (χ1v) is 6.20. The molecule has 17 heavy (non-hydrogen) atoms. The van der Waals surface area contributed by atoms with Gasteiger partial charge in [-0.1, -0.05) is 40.9 Å². The molecule has 2 aromatic rings. The first kappa shape index (κ1) is 12.7. The van der Waals surface area contributed by atoms with Crippen LogP contribution in [0, 0.1) is 13.8 Å². The fourth-order valence-electron chi connectivity index (χ4n) is 1.73. The molecule has 0 amide bonds. The van der Waals surface area contributed by atoms with Gasteiger partial charge in [0.05, 0.1) is 15.7 Å². The van der Waals surface area contributed by atoms with Crippen LogP contribution in [-0.4, -0.2) is 4.98 Å². The van der Waals surface area contributed by atoms with E-state index in [0.29, 0.717) is 15.1 Å². The fraction of sp³-hybridized carbons (Fsp3) is 0.154. The highest BCUT2D eigenvalue weighted by Crippen LogP contribution is 2.36. The standard InChI is InChI=1S/C13H10Cl3N/c1-7-3-8(2)13(17-6-7)10-4-9(14)5-11(15)12(10)16/h3-6H,1-2H3. The van der Waals surface area contributed by atoms with Crippen molar-refractivity contribution >= 4 is 34.8 Å². The van der Waals surface area contributed by atoms with E-state index in [1.54, 1.807) is 18.3 Å². The predicted octanol–water partition coefficient (Wildman–Crippen LogP) is 5.33. The molecule has 0 bridgehead atoms. The third kappa shape index (κ3) is 2.57. The molecule has 0 saturated carbocycles. The topological polar surface area (TPSA) is 12.9 Å². The number of pyridine rings is 1. The quantitative estimate of drug-likeness (QED) is 0.646. The van der Waals surface area contributed by atoms with Crippen molar-refractivity contribution in [3.8, 4) is 11.3 Å². The molecule has 0 fully saturated rings. The first-order valence-electron chi connectivity index (χ1n) is 5.07. The summed E-state index contributed by atoms with van der Waals surface area (Å²) in [5.41, 5.74) is 3.73. The normalized spacial score (nSPS) is 10.6. The number of benzene rings is 1. The van der Waals surface area contributed by atoms with Gasteiger partial charge in [-0.15, -0.1) is 0 Å². The molecule has 0 aliphatic rings. The molecule has 0 atom stereocenters. The van der Waals surface area contributed by atoms with Gasteiger partial charge in [0.25, 0.3) is 0 Å². The molecule has 0 unspecified atom stereocenters. The van der Waals surface area contributed by atoms with Crippen LogP contribution in [0.2, 0.25) is 15.1 Å². The zero-order chi connectivity index (χ0) is 12.6. The van der Waals surface area contributed by atoms with Crippen LogP contribution < -0.4 is 0 Å². The summed E-state index contributed by atoms with van der Waals surface area (Å²) < 4.78 is 0. The van der Waals surface area contributed by atoms with Gasteiger partial charge < -0.3 is 0 Å². The van der Waals surface area contributed by atoms with Gasteiger partial charge in [0.1, 0.15) is 0 Å². The largest absolute Gasteiger partial charge is 0.256 e. The highest BCUT2D eigenvalue weighted by molar-refractivity contribution is 6.45. The second-order valence-electron chi connectivity index (χ2n) is 3.93. The lowest BCUT2D eigenvalue weighted by Gasteiger charge is -2.09. The van der Waals surface area contributed by atoms with Gasteiger partial charge in [-0.3, -0.25) is 4.98 Å². The van der Waals surface area contributed by atoms with E-state index < -0.39 is 0 Å². The van der Waals surface area contributed by atoms with Crippen molar-refractivity contribution in [2.45, 2.75) is 13.8 Å². The van der Waals surface area contributed by atoms with Crippen LogP contribution in [0.5, 0.6) is 0 Å². The van der Waals surface area contributed by atoms with Gasteiger partial charge in [-0.25, -0.2) is 0 Å². The Kier molecular flexibility index (Phi) is 3.62. The van der Waals surface area contributed by atoms with Gasteiger partial charge >= 0.3 is 0 Å². The van der Waals surface area contributed by atoms with Crippen LogP contribution in [0.4, 0.5) is 0 Å². The Labute approximate surface area is 115 Å². The maximum atomic E-state index is 6.18. The van der Waals surface area contributed by atoms with Crippen molar-refractivity contribution in [1.82, 2.24) is 4.98 Å². The van der Waals surface area contributed by atoms with Crippen molar-refractivity contribution in [2.24, 2.45) is 0 Å². The lowest BCUT2D eigenvalue weighted by atomic mass is 10.1. The number of hydrogen-bond acceptors (Lipinski definition) is 1. The van der Waals surface area contributed by atoms with E-state index in [0.717, 1.165) is 22.4 Å². The summed E-state index contributed by atoms with van der Waals surface area (Å²) in [4.78, 5) is 4.39. The van der Waals surface area contributed by atoms with Crippen LogP contribution in [0.15, 0.2) is 24.4 Å². The van der Waals surface area contributed by atoms with E-state index in [2.05, 4.69) is 4.98 Å². The summed E-state index contributed by atoms with van der Waals surface area (Å²) in [5.74, 6) is 0. The van der Waals surface area contributed by atoms with Crippen LogP contribution >= 0.6 is 34.8 Å². The zero-order valence-electron chi connectivity index (χ0n) is 9.39. The highest BCUT2D eigenvalue weighted by atomic mass is 35.5. The summed E-state index contributed by atoms with van der Waals surface area (Å²) in [6, 6.07) is 5.45. The molecule has 0 N–H and O–H groups in total. The summed E-state index contributed by atoms with van der Waals surface area (Å²) in [6.07, 6.45) is 1.80. The Bertz CT molecular complexity index is 579. The summed E-state index contributed by atoms with van der Waals surface area (Å²) >= 11 is 18.2. The van der Waals surface area contributed by atoms with E-state index in [-0.39, 0.29) is 0 Å². The predicted molar refractivity (Wildman–Crippen MR) is 74.2 cm³/mol. The van der Waals surface area contributed by atoms with Crippen LogP contribution in [0.25, 0.3) is 11.3 Å². The minimum absolute atomic E-state index is 0.441. The van der Waals surface area contributed by atoms with Crippen molar-refractivity contribution in [3.05, 3.63) is 50.6 Å². The SMILES string of the molecule is Cc1cnc(-c2cc(Cl)cc(Cl)c2Cl)c(C)c1. The Balaban J connectivity index is 2.68. The van der Waals surface area contributed by atoms with E-state index >= 15 is 0 Å². The van der Waals surface area contributed by atoms with E-state index in [9.17, 15) is 0 Å². The summed E-state index contributed by atoms with van der Waals surface area (Å²) in [5, 5.41) is 1.47. The van der Waals surface area contributed by atoms with Gasteiger partial charge in [0.15, 0.2) is 0 Å². The van der Waals surface area contributed by atoms with Gasteiger partial charge in [0, 0.05) is 16.8 Å². The molecule has 1 aromatic heterocycles. The Morgan fingerprint density at radius 3 is 2.35 bits per heavy atom. The van der Waals surface area contributed by atoms with E-state index in [1.807, 2.05) is 19.9 Å². The lowest BCUT2D eigenvalue weighted by molar-refractivity contribution is 1.22. The smallest absolute Gasteiger partial charge is 0.0747 e. The molecule has 1 aromatic carbocycles. The minimum Gasteiger partial charge on any atom is -0.256 e. The van der Waals surface area contributed by atoms with E-state index in [1.165, 1.54) is 0 Å². The lowest BCUT2D eigenvalue weighted by Crippen LogP contribution is -1.91. The van der Waals surface area contributed by atoms with Crippen molar-refractivity contribution in [3.63, 3.8) is 0 Å². The Morgan fingerprint density at radius 1 is 1.00 bits per heavy atom. The summed E-state index contributed by atoms with van der Waals surface area (Å²) in [6.45, 7) is 3.98. The second kappa shape index (κ2) is 4.85. The number of rotatable bonds is 1. The molecule has 88 valence electrons. The van der Waals surface area contributed by atoms with Gasteiger partial charge in [-0.05, 0) is 37.1 Å². The Hall–Kier alpha value is -0.760. The molecule has 0 spiro atoms. The van der Waals surface area contributed by atoms with E-state index in [4.69, 9.17) is 34.8 Å². The molecule has 4 heteroatoms.